The van der Waals surface area contributed by atoms with Crippen LogP contribution in [0.1, 0.15) is 10.4 Å². The Hall–Kier alpha value is -3.10. The summed E-state index contributed by atoms with van der Waals surface area (Å²) < 4.78 is 16.2. The largest absolute Gasteiger partial charge is 0.454 e. The van der Waals surface area contributed by atoms with Crippen molar-refractivity contribution in [2.45, 2.75) is 0 Å². The Kier molecular flexibility index (Phi) is 4.57. The Bertz CT molecular complexity index is 1080. The van der Waals surface area contributed by atoms with Crippen LogP contribution in [0.15, 0.2) is 36.4 Å². The molecule has 148 valence electrons. The number of hydrogen-bond donors (Lipinski definition) is 1. The molecule has 3 heterocycles. The lowest BCUT2D eigenvalue weighted by molar-refractivity contribution is 0.0303. The van der Waals surface area contributed by atoms with Crippen LogP contribution in [0.2, 0.25) is 5.28 Å². The first kappa shape index (κ1) is 18.0. The van der Waals surface area contributed by atoms with Crippen LogP contribution in [0.4, 0.5) is 11.5 Å². The van der Waals surface area contributed by atoms with E-state index in [9.17, 15) is 4.79 Å². The van der Waals surface area contributed by atoms with E-state index in [2.05, 4.69) is 15.3 Å². The van der Waals surface area contributed by atoms with Gasteiger partial charge in [0.15, 0.2) is 11.5 Å². The molecule has 1 fully saturated rings. The number of nitrogens with zero attached hydrogens (tertiary/aromatic N) is 3. The van der Waals surface area contributed by atoms with E-state index in [0.29, 0.717) is 54.7 Å². The van der Waals surface area contributed by atoms with Crippen molar-refractivity contribution in [2.24, 2.45) is 0 Å². The maximum absolute atomic E-state index is 12.6. The van der Waals surface area contributed by atoms with E-state index in [0.717, 1.165) is 11.1 Å². The zero-order chi connectivity index (χ0) is 19.8. The normalized spacial score (nSPS) is 15.6. The molecule has 8 nitrogen and oxygen atoms in total. The fraction of sp³-hybridized carbons (Fsp3) is 0.250. The van der Waals surface area contributed by atoms with Crippen LogP contribution in [-0.4, -0.2) is 53.9 Å². The highest BCUT2D eigenvalue weighted by atomic mass is 35.5. The maximum atomic E-state index is 12.6. The number of rotatable bonds is 3. The number of morpholine rings is 1. The van der Waals surface area contributed by atoms with E-state index in [1.807, 2.05) is 18.2 Å². The molecule has 29 heavy (non-hydrogen) atoms. The molecule has 1 saturated heterocycles. The van der Waals surface area contributed by atoms with E-state index in [-0.39, 0.29) is 18.0 Å². The number of carbonyl (C=O) groups excluding carboxylic acids is 1. The number of nitrogens with one attached hydrogen (secondary N) is 1. The number of fused-ring (bicyclic) bond motifs is 2. The van der Waals surface area contributed by atoms with Gasteiger partial charge in [0.05, 0.1) is 18.7 Å². The second kappa shape index (κ2) is 7.38. The fourth-order valence-electron chi connectivity index (χ4n) is 3.37. The Morgan fingerprint density at radius 2 is 1.76 bits per heavy atom. The monoisotopic (exact) mass is 412 g/mol. The summed E-state index contributed by atoms with van der Waals surface area (Å²) in [5.74, 6) is 1.82. The summed E-state index contributed by atoms with van der Waals surface area (Å²) in [4.78, 5) is 23.0. The Morgan fingerprint density at radius 3 is 2.52 bits per heavy atom. The molecule has 9 heteroatoms. The number of amides is 1. The molecule has 1 N–H and O–H groups in total. The predicted molar refractivity (Wildman–Crippen MR) is 107 cm³/mol. The van der Waals surface area contributed by atoms with Crippen molar-refractivity contribution >= 4 is 39.9 Å². The van der Waals surface area contributed by atoms with Crippen LogP contribution >= 0.6 is 11.6 Å². The highest BCUT2D eigenvalue weighted by molar-refractivity contribution is 6.28. The molecule has 0 aliphatic carbocycles. The molecular weight excluding hydrogens is 396 g/mol. The van der Waals surface area contributed by atoms with Crippen LogP contribution in [0, 0.1) is 0 Å². The van der Waals surface area contributed by atoms with Crippen LogP contribution in [0.5, 0.6) is 11.5 Å². The van der Waals surface area contributed by atoms with Gasteiger partial charge >= 0.3 is 0 Å². The molecule has 2 aliphatic heterocycles. The molecule has 2 aliphatic rings. The third-order valence-corrected chi connectivity index (χ3v) is 5.02. The van der Waals surface area contributed by atoms with Gasteiger partial charge in [-0.05, 0) is 41.9 Å². The quantitative estimate of drug-likeness (QED) is 0.661. The van der Waals surface area contributed by atoms with Crippen molar-refractivity contribution in [3.8, 4) is 11.5 Å². The molecule has 1 amide bonds. The van der Waals surface area contributed by atoms with Crippen LogP contribution < -0.4 is 14.8 Å². The van der Waals surface area contributed by atoms with Gasteiger partial charge in [-0.25, -0.2) is 4.98 Å². The molecule has 0 bridgehead atoms. The predicted octanol–water partition coefficient (Wildman–Crippen LogP) is 3.23. The number of ether oxygens (including phenoxy) is 3. The van der Waals surface area contributed by atoms with E-state index >= 15 is 0 Å². The Labute approximate surface area is 171 Å². The first-order chi connectivity index (χ1) is 14.2. The molecule has 1 aromatic heterocycles. The molecule has 3 aromatic rings. The molecule has 0 unspecified atom stereocenters. The number of halogens is 1. The van der Waals surface area contributed by atoms with E-state index < -0.39 is 0 Å². The van der Waals surface area contributed by atoms with Gasteiger partial charge in [0, 0.05) is 35.8 Å². The number of carbonyl (C=O) groups is 1. The smallest absolute Gasteiger partial charge is 0.254 e. The molecule has 0 spiro atoms. The summed E-state index contributed by atoms with van der Waals surface area (Å²) in [6.45, 7) is 2.55. The van der Waals surface area contributed by atoms with E-state index in [4.69, 9.17) is 25.8 Å². The number of anilines is 2. The van der Waals surface area contributed by atoms with E-state index in [1.54, 1.807) is 23.1 Å². The molecule has 0 radical (unpaired) electrons. The maximum Gasteiger partial charge on any atom is 0.254 e. The summed E-state index contributed by atoms with van der Waals surface area (Å²) in [5, 5.41) is 4.13. The van der Waals surface area contributed by atoms with Gasteiger partial charge in [-0.2, -0.15) is 4.98 Å². The summed E-state index contributed by atoms with van der Waals surface area (Å²) in [5.41, 5.74) is 2.06. The Morgan fingerprint density at radius 1 is 1.03 bits per heavy atom. The number of aromatic nitrogens is 2. The van der Waals surface area contributed by atoms with Crippen molar-refractivity contribution in [3.05, 3.63) is 47.2 Å². The van der Waals surface area contributed by atoms with Crippen molar-refractivity contribution in [1.29, 1.82) is 0 Å². The third kappa shape index (κ3) is 3.52. The second-order valence-electron chi connectivity index (χ2n) is 6.67. The highest BCUT2D eigenvalue weighted by Gasteiger charge is 2.19. The lowest BCUT2D eigenvalue weighted by atomic mass is 10.1. The topological polar surface area (TPSA) is 85.8 Å². The van der Waals surface area contributed by atoms with Crippen molar-refractivity contribution in [1.82, 2.24) is 14.9 Å². The van der Waals surface area contributed by atoms with Gasteiger partial charge in [-0.15, -0.1) is 0 Å². The summed E-state index contributed by atoms with van der Waals surface area (Å²) in [6, 6.07) is 10.9. The van der Waals surface area contributed by atoms with Gasteiger partial charge < -0.3 is 24.4 Å². The van der Waals surface area contributed by atoms with Crippen molar-refractivity contribution in [3.63, 3.8) is 0 Å². The first-order valence-electron chi connectivity index (χ1n) is 9.18. The number of benzene rings is 2. The summed E-state index contributed by atoms with van der Waals surface area (Å²) >= 11 is 6.10. The minimum Gasteiger partial charge on any atom is -0.454 e. The van der Waals surface area contributed by atoms with Crippen LogP contribution in [-0.2, 0) is 4.74 Å². The average molecular weight is 413 g/mol. The van der Waals surface area contributed by atoms with Gasteiger partial charge in [0.25, 0.3) is 5.91 Å². The molecule has 0 saturated carbocycles. The van der Waals surface area contributed by atoms with E-state index in [1.165, 1.54) is 0 Å². The summed E-state index contributed by atoms with van der Waals surface area (Å²) in [7, 11) is 0. The zero-order valence-electron chi connectivity index (χ0n) is 15.4. The third-order valence-electron chi connectivity index (χ3n) is 4.86. The van der Waals surface area contributed by atoms with Crippen molar-refractivity contribution < 1.29 is 19.0 Å². The standard InChI is InChI=1S/C20H17ClN4O4/c21-20-23-15-10-17-16(28-11-29-17)9-14(15)18(24-20)22-13-3-1-12(2-4-13)19(26)25-5-7-27-8-6-25/h1-4,9-10H,5-8,11H2,(H,22,23,24). The first-order valence-corrected chi connectivity index (χ1v) is 9.56. The molecule has 0 atom stereocenters. The minimum atomic E-state index is 0.00286. The Balaban J connectivity index is 1.41. The van der Waals surface area contributed by atoms with Gasteiger partial charge in [-0.1, -0.05) is 0 Å². The fourth-order valence-corrected chi connectivity index (χ4v) is 3.54. The molecule has 2 aromatic carbocycles. The highest BCUT2D eigenvalue weighted by Crippen LogP contribution is 2.38. The molecule has 5 rings (SSSR count). The SMILES string of the molecule is O=C(c1ccc(Nc2nc(Cl)nc3cc4c(cc23)OCO4)cc1)N1CCOCC1. The van der Waals surface area contributed by atoms with Crippen molar-refractivity contribution in [2.75, 3.05) is 38.4 Å². The minimum absolute atomic E-state index is 0.00286. The van der Waals surface area contributed by atoms with Gasteiger partial charge in [-0.3, -0.25) is 4.79 Å². The van der Waals surface area contributed by atoms with Gasteiger partial charge in [0.2, 0.25) is 12.1 Å². The van der Waals surface area contributed by atoms with Gasteiger partial charge in [0.1, 0.15) is 5.82 Å². The zero-order valence-corrected chi connectivity index (χ0v) is 16.1. The lowest BCUT2D eigenvalue weighted by Crippen LogP contribution is -2.40. The van der Waals surface area contributed by atoms with Crippen LogP contribution in [0.3, 0.4) is 0 Å². The second-order valence-corrected chi connectivity index (χ2v) is 7.01. The summed E-state index contributed by atoms with van der Waals surface area (Å²) in [6.07, 6.45) is 0. The number of hydrogen-bond acceptors (Lipinski definition) is 7. The lowest BCUT2D eigenvalue weighted by Gasteiger charge is -2.26. The van der Waals surface area contributed by atoms with Crippen LogP contribution in [0.25, 0.3) is 10.9 Å². The average Bonchev–Trinajstić information content (AvgIpc) is 3.20. The molecular formula is C20H17ClN4O4.